The molecule has 2 amide bonds. The third-order valence-corrected chi connectivity index (χ3v) is 4.43. The van der Waals surface area contributed by atoms with E-state index in [2.05, 4.69) is 15.6 Å². The standard InChI is InChI=1S/C14H22N4O2S/c15-7-6-13-18-11(9-21-13)14(20)16-8-12(19)17-10-4-2-1-3-5-10/h9-10H,1-8,15H2,(H,16,20)(H,17,19). The molecule has 0 aromatic carbocycles. The van der Waals surface area contributed by atoms with Crippen LogP contribution in [0, 0.1) is 0 Å². The van der Waals surface area contributed by atoms with Crippen molar-refractivity contribution in [3.05, 3.63) is 16.1 Å². The lowest BCUT2D eigenvalue weighted by Gasteiger charge is -2.22. The number of thiazole rings is 1. The second kappa shape index (κ2) is 8.09. The summed E-state index contributed by atoms with van der Waals surface area (Å²) in [6, 6.07) is 0.263. The van der Waals surface area contributed by atoms with Gasteiger partial charge >= 0.3 is 0 Å². The van der Waals surface area contributed by atoms with Gasteiger partial charge in [0.2, 0.25) is 5.91 Å². The number of aromatic nitrogens is 1. The number of nitrogens with two attached hydrogens (primary N) is 1. The summed E-state index contributed by atoms with van der Waals surface area (Å²) in [4.78, 5) is 27.9. The number of carbonyl (C=O) groups is 2. The Kier molecular flexibility index (Phi) is 6.13. The smallest absolute Gasteiger partial charge is 0.271 e. The SMILES string of the molecule is NCCc1nc(C(=O)NCC(=O)NC2CCCCC2)cs1. The molecule has 1 fully saturated rings. The van der Waals surface area contributed by atoms with E-state index < -0.39 is 0 Å². The average molecular weight is 310 g/mol. The van der Waals surface area contributed by atoms with E-state index in [-0.39, 0.29) is 24.4 Å². The van der Waals surface area contributed by atoms with Gasteiger partial charge in [-0.1, -0.05) is 19.3 Å². The molecule has 0 bridgehead atoms. The topological polar surface area (TPSA) is 97.1 Å². The van der Waals surface area contributed by atoms with Gasteiger partial charge in [0.15, 0.2) is 0 Å². The molecule has 1 saturated carbocycles. The molecule has 0 spiro atoms. The first-order chi connectivity index (χ1) is 10.2. The van der Waals surface area contributed by atoms with Gasteiger partial charge in [-0.15, -0.1) is 11.3 Å². The number of carbonyl (C=O) groups excluding carboxylic acids is 2. The Morgan fingerprint density at radius 1 is 1.33 bits per heavy atom. The van der Waals surface area contributed by atoms with E-state index in [1.807, 2.05) is 0 Å². The Balaban J connectivity index is 1.73. The van der Waals surface area contributed by atoms with Gasteiger partial charge in [0.05, 0.1) is 11.6 Å². The van der Waals surface area contributed by atoms with Gasteiger partial charge < -0.3 is 16.4 Å². The summed E-state index contributed by atoms with van der Waals surface area (Å²) in [6.07, 6.45) is 6.32. The van der Waals surface area contributed by atoms with Crippen molar-refractivity contribution in [3.8, 4) is 0 Å². The molecule has 0 saturated heterocycles. The molecule has 21 heavy (non-hydrogen) atoms. The van der Waals surface area contributed by atoms with Crippen molar-refractivity contribution >= 4 is 23.2 Å². The number of hydrogen-bond donors (Lipinski definition) is 3. The Bertz CT molecular complexity index is 483. The van der Waals surface area contributed by atoms with Crippen molar-refractivity contribution in [2.24, 2.45) is 5.73 Å². The van der Waals surface area contributed by atoms with E-state index in [1.54, 1.807) is 5.38 Å². The van der Waals surface area contributed by atoms with E-state index in [4.69, 9.17) is 5.73 Å². The van der Waals surface area contributed by atoms with Crippen LogP contribution in [0.2, 0.25) is 0 Å². The largest absolute Gasteiger partial charge is 0.352 e. The molecule has 116 valence electrons. The molecule has 6 nitrogen and oxygen atoms in total. The molecule has 1 aliphatic rings. The van der Waals surface area contributed by atoms with Gasteiger partial charge in [0, 0.05) is 17.8 Å². The molecule has 0 unspecified atom stereocenters. The van der Waals surface area contributed by atoms with Crippen molar-refractivity contribution in [2.75, 3.05) is 13.1 Å². The van der Waals surface area contributed by atoms with Crippen LogP contribution in [0.1, 0.15) is 47.6 Å². The van der Waals surface area contributed by atoms with E-state index in [0.717, 1.165) is 17.8 Å². The highest BCUT2D eigenvalue weighted by Gasteiger charge is 2.16. The maximum atomic E-state index is 11.9. The molecule has 2 rings (SSSR count). The summed E-state index contributed by atoms with van der Waals surface area (Å²) in [5.41, 5.74) is 5.80. The van der Waals surface area contributed by atoms with E-state index >= 15 is 0 Å². The lowest BCUT2D eigenvalue weighted by Crippen LogP contribution is -2.42. The molecule has 0 radical (unpaired) electrons. The van der Waals surface area contributed by atoms with Crippen LogP contribution in [0.25, 0.3) is 0 Å². The second-order valence-electron chi connectivity index (χ2n) is 5.25. The van der Waals surface area contributed by atoms with Crippen molar-refractivity contribution in [1.82, 2.24) is 15.6 Å². The number of amides is 2. The minimum Gasteiger partial charge on any atom is -0.352 e. The van der Waals surface area contributed by atoms with Crippen LogP contribution < -0.4 is 16.4 Å². The molecule has 1 aromatic heterocycles. The van der Waals surface area contributed by atoms with Gasteiger partial charge in [0.1, 0.15) is 5.69 Å². The van der Waals surface area contributed by atoms with Gasteiger partial charge in [-0.05, 0) is 19.4 Å². The van der Waals surface area contributed by atoms with E-state index in [0.29, 0.717) is 18.7 Å². The average Bonchev–Trinajstić information content (AvgIpc) is 2.95. The Morgan fingerprint density at radius 2 is 2.10 bits per heavy atom. The lowest BCUT2D eigenvalue weighted by atomic mass is 9.95. The van der Waals surface area contributed by atoms with Crippen LogP contribution in [-0.4, -0.2) is 35.9 Å². The molecule has 7 heteroatoms. The van der Waals surface area contributed by atoms with Crippen LogP contribution in [0.4, 0.5) is 0 Å². The van der Waals surface area contributed by atoms with Crippen LogP contribution in [0.3, 0.4) is 0 Å². The first-order valence-electron chi connectivity index (χ1n) is 7.41. The normalized spacial score (nSPS) is 15.7. The van der Waals surface area contributed by atoms with Crippen LogP contribution in [0.5, 0.6) is 0 Å². The Hall–Kier alpha value is -1.47. The fraction of sp³-hybridized carbons (Fsp3) is 0.643. The molecule has 1 aromatic rings. The van der Waals surface area contributed by atoms with Crippen LogP contribution in [-0.2, 0) is 11.2 Å². The highest BCUT2D eigenvalue weighted by molar-refractivity contribution is 7.09. The minimum atomic E-state index is -0.312. The zero-order valence-corrected chi connectivity index (χ0v) is 12.9. The molecule has 0 aliphatic heterocycles. The van der Waals surface area contributed by atoms with Crippen molar-refractivity contribution < 1.29 is 9.59 Å². The zero-order valence-electron chi connectivity index (χ0n) is 12.1. The highest BCUT2D eigenvalue weighted by atomic mass is 32.1. The fourth-order valence-corrected chi connectivity index (χ4v) is 3.22. The van der Waals surface area contributed by atoms with Gasteiger partial charge in [-0.2, -0.15) is 0 Å². The summed E-state index contributed by atoms with van der Waals surface area (Å²) < 4.78 is 0. The maximum absolute atomic E-state index is 11.9. The summed E-state index contributed by atoms with van der Waals surface area (Å²) in [5, 5.41) is 8.10. The van der Waals surface area contributed by atoms with E-state index in [9.17, 15) is 9.59 Å². The lowest BCUT2D eigenvalue weighted by molar-refractivity contribution is -0.121. The predicted molar refractivity (Wildman–Crippen MR) is 82.2 cm³/mol. The summed E-state index contributed by atoms with van der Waals surface area (Å²) in [7, 11) is 0. The van der Waals surface area contributed by atoms with Crippen LogP contribution >= 0.6 is 11.3 Å². The van der Waals surface area contributed by atoms with Gasteiger partial charge in [0.25, 0.3) is 5.91 Å². The van der Waals surface area contributed by atoms with Gasteiger partial charge in [-0.3, -0.25) is 9.59 Å². The first-order valence-corrected chi connectivity index (χ1v) is 8.29. The number of hydrogen-bond acceptors (Lipinski definition) is 5. The second-order valence-corrected chi connectivity index (χ2v) is 6.19. The number of nitrogens with one attached hydrogen (secondary N) is 2. The minimum absolute atomic E-state index is 0.000910. The monoisotopic (exact) mass is 310 g/mol. The fourth-order valence-electron chi connectivity index (χ4n) is 2.43. The Morgan fingerprint density at radius 3 is 2.81 bits per heavy atom. The molecular formula is C14H22N4O2S. The van der Waals surface area contributed by atoms with Gasteiger partial charge in [-0.25, -0.2) is 4.98 Å². The third-order valence-electron chi connectivity index (χ3n) is 3.52. The first kappa shape index (κ1) is 15.9. The molecule has 1 heterocycles. The van der Waals surface area contributed by atoms with Crippen molar-refractivity contribution in [2.45, 2.75) is 44.6 Å². The van der Waals surface area contributed by atoms with Crippen molar-refractivity contribution in [1.29, 1.82) is 0 Å². The van der Waals surface area contributed by atoms with Crippen molar-refractivity contribution in [3.63, 3.8) is 0 Å². The molecule has 1 aliphatic carbocycles. The zero-order chi connectivity index (χ0) is 15.1. The summed E-state index contributed by atoms with van der Waals surface area (Å²) in [6.45, 7) is 0.511. The predicted octanol–water partition coefficient (Wildman–Crippen LogP) is 0.823. The van der Waals surface area contributed by atoms with Crippen LogP contribution in [0.15, 0.2) is 5.38 Å². The Labute approximate surface area is 128 Å². The molecule has 4 N–H and O–H groups in total. The maximum Gasteiger partial charge on any atom is 0.271 e. The highest BCUT2D eigenvalue weighted by Crippen LogP contribution is 2.17. The number of nitrogens with zero attached hydrogens (tertiary/aromatic N) is 1. The molecule has 0 atom stereocenters. The summed E-state index contributed by atoms with van der Waals surface area (Å²) in [5.74, 6) is -0.444. The third kappa shape index (κ3) is 5.09. The summed E-state index contributed by atoms with van der Waals surface area (Å²) >= 11 is 1.41. The molecular weight excluding hydrogens is 288 g/mol. The quantitative estimate of drug-likeness (QED) is 0.725. The number of rotatable bonds is 6. The van der Waals surface area contributed by atoms with E-state index in [1.165, 1.54) is 30.6 Å².